The molecular formula is C21H22Cl2N4OS. The minimum atomic E-state index is 0.562. The van der Waals surface area contributed by atoms with Gasteiger partial charge in [-0.3, -0.25) is 0 Å². The lowest BCUT2D eigenvalue weighted by Crippen LogP contribution is -2.35. The van der Waals surface area contributed by atoms with E-state index in [9.17, 15) is 0 Å². The Hall–Kier alpha value is -2.28. The molecule has 0 aliphatic rings. The average Bonchev–Trinajstić information content (AvgIpc) is 3.24. The monoisotopic (exact) mass is 448 g/mol. The van der Waals surface area contributed by atoms with Crippen LogP contribution in [0.15, 0.2) is 61.2 Å². The van der Waals surface area contributed by atoms with Gasteiger partial charge in [0.15, 0.2) is 5.11 Å². The van der Waals surface area contributed by atoms with Crippen molar-refractivity contribution in [2.45, 2.75) is 19.5 Å². The van der Waals surface area contributed by atoms with Crippen LogP contribution in [0.1, 0.15) is 12.0 Å². The Morgan fingerprint density at radius 3 is 2.83 bits per heavy atom. The maximum Gasteiger partial charge on any atom is 0.173 e. The van der Waals surface area contributed by atoms with E-state index in [1.54, 1.807) is 31.5 Å². The van der Waals surface area contributed by atoms with Gasteiger partial charge in [-0.2, -0.15) is 0 Å². The first-order chi connectivity index (χ1) is 14.1. The summed E-state index contributed by atoms with van der Waals surface area (Å²) in [6, 6.07) is 13.2. The van der Waals surface area contributed by atoms with E-state index < -0.39 is 0 Å². The highest BCUT2D eigenvalue weighted by Crippen LogP contribution is 2.26. The third-order valence-corrected chi connectivity index (χ3v) is 5.34. The number of methoxy groups -OCH3 is 1. The molecule has 1 aromatic heterocycles. The standard InChI is InChI=1S/C21H22Cl2N4OS/c1-28-20-6-3-2-5-16(20)14-27(11-4-10-26-12-9-24-15-26)21(29)25-19-13-17(22)7-8-18(19)23/h2-3,5-9,12-13,15H,4,10-11,14H2,1H3,(H,25,29). The third kappa shape index (κ3) is 6.10. The molecular weight excluding hydrogens is 427 g/mol. The zero-order valence-electron chi connectivity index (χ0n) is 16.0. The summed E-state index contributed by atoms with van der Waals surface area (Å²) in [7, 11) is 1.67. The molecule has 0 radical (unpaired) electrons. The number of nitrogens with one attached hydrogen (secondary N) is 1. The fraction of sp³-hybridized carbons (Fsp3) is 0.238. The van der Waals surface area contributed by atoms with Crippen molar-refractivity contribution in [2.24, 2.45) is 0 Å². The van der Waals surface area contributed by atoms with Gasteiger partial charge in [0.25, 0.3) is 0 Å². The topological polar surface area (TPSA) is 42.3 Å². The smallest absolute Gasteiger partial charge is 0.173 e. The molecule has 0 spiro atoms. The van der Waals surface area contributed by atoms with Crippen LogP contribution in [0.3, 0.4) is 0 Å². The Bertz CT molecular complexity index is 950. The summed E-state index contributed by atoms with van der Waals surface area (Å²) in [5, 5.41) is 4.96. The Morgan fingerprint density at radius 1 is 1.24 bits per heavy atom. The number of hydrogen-bond donors (Lipinski definition) is 1. The lowest BCUT2D eigenvalue weighted by atomic mass is 10.2. The largest absolute Gasteiger partial charge is 0.496 e. The lowest BCUT2D eigenvalue weighted by molar-refractivity contribution is 0.372. The van der Waals surface area contributed by atoms with Crippen molar-refractivity contribution in [3.63, 3.8) is 0 Å². The number of aryl methyl sites for hydroxylation is 1. The van der Waals surface area contributed by atoms with E-state index >= 15 is 0 Å². The van der Waals surface area contributed by atoms with Crippen LogP contribution in [-0.2, 0) is 13.1 Å². The van der Waals surface area contributed by atoms with Crippen molar-refractivity contribution >= 4 is 46.2 Å². The Morgan fingerprint density at radius 2 is 2.07 bits per heavy atom. The summed E-state index contributed by atoms with van der Waals surface area (Å²) in [4.78, 5) is 6.19. The minimum absolute atomic E-state index is 0.562. The Labute approximate surface area is 186 Å². The van der Waals surface area contributed by atoms with Crippen molar-refractivity contribution < 1.29 is 4.74 Å². The van der Waals surface area contributed by atoms with Gasteiger partial charge in [-0.15, -0.1) is 0 Å². The number of para-hydroxylation sites is 1. The molecule has 0 atom stereocenters. The van der Waals surface area contributed by atoms with Gasteiger partial charge in [0.05, 0.1) is 24.1 Å². The van der Waals surface area contributed by atoms with E-state index in [-0.39, 0.29) is 0 Å². The van der Waals surface area contributed by atoms with E-state index in [2.05, 4.69) is 15.2 Å². The molecule has 152 valence electrons. The average molecular weight is 449 g/mol. The maximum atomic E-state index is 6.30. The molecule has 0 bridgehead atoms. The molecule has 5 nitrogen and oxygen atoms in total. The highest BCUT2D eigenvalue weighted by atomic mass is 35.5. The molecule has 2 aromatic carbocycles. The number of imidazole rings is 1. The number of nitrogens with zero attached hydrogens (tertiary/aromatic N) is 3. The van der Waals surface area contributed by atoms with Crippen molar-refractivity contribution in [3.05, 3.63) is 76.8 Å². The molecule has 0 saturated carbocycles. The molecule has 3 aromatic rings. The van der Waals surface area contributed by atoms with Crippen LogP contribution in [0.5, 0.6) is 5.75 Å². The molecule has 0 fully saturated rings. The fourth-order valence-electron chi connectivity index (χ4n) is 2.94. The lowest BCUT2D eigenvalue weighted by Gasteiger charge is -2.27. The quantitative estimate of drug-likeness (QED) is 0.461. The molecule has 3 rings (SSSR count). The first kappa shape index (κ1) is 21.4. The van der Waals surface area contributed by atoms with Gasteiger partial charge in [-0.1, -0.05) is 41.4 Å². The minimum Gasteiger partial charge on any atom is -0.496 e. The predicted octanol–water partition coefficient (Wildman–Crippen LogP) is 5.49. The second kappa shape index (κ2) is 10.5. The molecule has 8 heteroatoms. The van der Waals surface area contributed by atoms with Crippen molar-refractivity contribution in [2.75, 3.05) is 19.0 Å². The number of benzene rings is 2. The molecule has 1 heterocycles. The molecule has 1 N–H and O–H groups in total. The third-order valence-electron chi connectivity index (χ3n) is 4.41. The summed E-state index contributed by atoms with van der Waals surface area (Å²) in [5.41, 5.74) is 1.74. The highest BCUT2D eigenvalue weighted by molar-refractivity contribution is 7.80. The predicted molar refractivity (Wildman–Crippen MR) is 123 cm³/mol. The molecule has 0 unspecified atom stereocenters. The van der Waals surface area contributed by atoms with Crippen LogP contribution < -0.4 is 10.1 Å². The van der Waals surface area contributed by atoms with E-state index in [1.165, 1.54) is 0 Å². The molecule has 0 amide bonds. The van der Waals surface area contributed by atoms with Gasteiger partial charge in [0, 0.05) is 42.6 Å². The number of rotatable bonds is 8. The SMILES string of the molecule is COc1ccccc1CN(CCCn1ccnc1)C(=S)Nc1cc(Cl)ccc1Cl. The van der Waals surface area contributed by atoms with E-state index in [0.29, 0.717) is 27.4 Å². The van der Waals surface area contributed by atoms with Gasteiger partial charge >= 0.3 is 0 Å². The summed E-state index contributed by atoms with van der Waals surface area (Å²) in [6.45, 7) is 2.21. The van der Waals surface area contributed by atoms with Gasteiger partial charge in [-0.05, 0) is 42.9 Å². The highest BCUT2D eigenvalue weighted by Gasteiger charge is 2.14. The van der Waals surface area contributed by atoms with Crippen molar-refractivity contribution in [3.8, 4) is 5.75 Å². The first-order valence-electron chi connectivity index (χ1n) is 9.15. The summed E-state index contributed by atoms with van der Waals surface area (Å²) in [5.74, 6) is 0.829. The van der Waals surface area contributed by atoms with E-state index in [4.69, 9.17) is 40.2 Å². The van der Waals surface area contributed by atoms with Crippen molar-refractivity contribution in [1.82, 2.24) is 14.5 Å². The van der Waals surface area contributed by atoms with Crippen LogP contribution in [0, 0.1) is 0 Å². The zero-order valence-corrected chi connectivity index (χ0v) is 18.3. The zero-order chi connectivity index (χ0) is 20.6. The van der Waals surface area contributed by atoms with Gasteiger partial charge < -0.3 is 19.5 Å². The van der Waals surface area contributed by atoms with Crippen LogP contribution in [0.2, 0.25) is 10.0 Å². The van der Waals surface area contributed by atoms with Gasteiger partial charge in [0.2, 0.25) is 0 Å². The van der Waals surface area contributed by atoms with Crippen LogP contribution in [-0.4, -0.2) is 33.2 Å². The summed E-state index contributed by atoms with van der Waals surface area (Å²) >= 11 is 18.1. The second-order valence-electron chi connectivity index (χ2n) is 6.44. The number of thiocarbonyl (C=S) groups is 1. The van der Waals surface area contributed by atoms with Crippen molar-refractivity contribution in [1.29, 1.82) is 0 Å². The normalized spacial score (nSPS) is 10.6. The van der Waals surface area contributed by atoms with Crippen LogP contribution in [0.4, 0.5) is 5.69 Å². The Balaban J connectivity index is 1.74. The number of hydrogen-bond acceptors (Lipinski definition) is 3. The van der Waals surface area contributed by atoms with E-state index in [1.807, 2.05) is 41.4 Å². The second-order valence-corrected chi connectivity index (χ2v) is 7.67. The van der Waals surface area contributed by atoms with Crippen LogP contribution in [0.25, 0.3) is 0 Å². The maximum absolute atomic E-state index is 6.30. The summed E-state index contributed by atoms with van der Waals surface area (Å²) < 4.78 is 7.55. The van der Waals surface area contributed by atoms with Gasteiger partial charge in [-0.25, -0.2) is 4.98 Å². The fourth-order valence-corrected chi connectivity index (χ4v) is 3.55. The number of aromatic nitrogens is 2. The molecule has 0 aliphatic heterocycles. The van der Waals surface area contributed by atoms with Crippen LogP contribution >= 0.6 is 35.4 Å². The summed E-state index contributed by atoms with van der Waals surface area (Å²) in [6.07, 6.45) is 6.44. The molecule has 0 saturated heterocycles. The number of halogens is 2. The number of ether oxygens (including phenoxy) is 1. The number of anilines is 1. The van der Waals surface area contributed by atoms with Gasteiger partial charge in [0.1, 0.15) is 5.75 Å². The van der Waals surface area contributed by atoms with E-state index in [0.717, 1.165) is 30.8 Å². The molecule has 0 aliphatic carbocycles. The Kier molecular flexibility index (Phi) is 7.75. The first-order valence-corrected chi connectivity index (χ1v) is 10.3. The molecule has 29 heavy (non-hydrogen) atoms.